The lowest BCUT2D eigenvalue weighted by Gasteiger charge is -2.15. The quantitative estimate of drug-likeness (QED) is 0.381. The summed E-state index contributed by atoms with van der Waals surface area (Å²) in [6, 6.07) is 0. The maximum absolute atomic E-state index is 8.91. The number of rotatable bonds is 10. The molecule has 0 aliphatic carbocycles. The summed E-state index contributed by atoms with van der Waals surface area (Å²) in [6.45, 7) is 4.18. The van der Waals surface area contributed by atoms with Gasteiger partial charge in [0.25, 0.3) is 0 Å². The Bertz CT molecular complexity index is 113. The van der Waals surface area contributed by atoms with Gasteiger partial charge in [-0.2, -0.15) is 0 Å². The first kappa shape index (κ1) is 13.8. The summed E-state index contributed by atoms with van der Waals surface area (Å²) >= 11 is 0. The van der Waals surface area contributed by atoms with Gasteiger partial charge in [-0.15, -0.1) is 0 Å². The molecule has 1 atom stereocenters. The van der Waals surface area contributed by atoms with Crippen LogP contribution in [0.25, 0.3) is 0 Å². The van der Waals surface area contributed by atoms with E-state index in [4.69, 9.17) is 25.1 Å². The van der Waals surface area contributed by atoms with Crippen LogP contribution >= 0.6 is 0 Å². The molecule has 3 N–H and O–H groups in total. The second-order valence-electron chi connectivity index (χ2n) is 2.83. The molecule has 0 rings (SSSR count). The number of aliphatic hydroxyl groups is 1. The maximum Gasteiger partial charge on any atom is 0.104 e. The van der Waals surface area contributed by atoms with Crippen molar-refractivity contribution in [1.29, 1.82) is 0 Å². The highest BCUT2D eigenvalue weighted by molar-refractivity contribution is 4.53. The summed E-state index contributed by atoms with van der Waals surface area (Å²) in [4.78, 5) is 0. The molecule has 0 saturated heterocycles. The van der Waals surface area contributed by atoms with E-state index in [2.05, 4.69) is 0 Å². The average Bonchev–Trinajstić information content (AvgIpc) is 2.22. The predicted octanol–water partition coefficient (Wildman–Crippen LogP) is -0.277. The molecule has 0 aromatic rings. The Kier molecular flexibility index (Phi) is 10.7. The normalized spacial score (nSPS) is 13.1. The minimum atomic E-state index is -0.261. The van der Waals surface area contributed by atoms with Crippen molar-refractivity contribution in [3.63, 3.8) is 0 Å². The first-order chi connectivity index (χ1) is 6.85. The van der Waals surface area contributed by atoms with Crippen molar-refractivity contribution in [3.05, 3.63) is 0 Å². The Morgan fingerprint density at radius 3 is 2.57 bits per heavy atom. The van der Waals surface area contributed by atoms with Gasteiger partial charge in [-0.3, -0.25) is 0 Å². The maximum atomic E-state index is 8.91. The van der Waals surface area contributed by atoms with Gasteiger partial charge in [-0.25, -0.2) is 0 Å². The number of nitrogens with two attached hydrogens (primary N) is 1. The number of hydrogen-bond acceptors (Lipinski definition) is 5. The number of ether oxygens (including phenoxy) is 3. The Morgan fingerprint density at radius 1 is 1.21 bits per heavy atom. The molecular weight excluding hydrogens is 186 g/mol. The van der Waals surface area contributed by atoms with Crippen molar-refractivity contribution >= 4 is 0 Å². The lowest BCUT2D eigenvalue weighted by molar-refractivity contribution is -0.0582. The van der Waals surface area contributed by atoms with Crippen molar-refractivity contribution in [1.82, 2.24) is 0 Å². The molecule has 0 spiro atoms. The van der Waals surface area contributed by atoms with Crippen LogP contribution in [0.1, 0.15) is 13.3 Å². The van der Waals surface area contributed by atoms with E-state index in [1.54, 1.807) is 0 Å². The van der Waals surface area contributed by atoms with Gasteiger partial charge in [0, 0.05) is 6.61 Å². The lowest BCUT2D eigenvalue weighted by atomic mass is 10.4. The van der Waals surface area contributed by atoms with Crippen LogP contribution in [0.2, 0.25) is 0 Å². The highest BCUT2D eigenvalue weighted by Crippen LogP contribution is 1.93. The van der Waals surface area contributed by atoms with Gasteiger partial charge in [0.2, 0.25) is 0 Å². The molecule has 0 aliphatic heterocycles. The third-order valence-corrected chi connectivity index (χ3v) is 1.55. The van der Waals surface area contributed by atoms with E-state index in [-0.39, 0.29) is 19.4 Å². The molecule has 1 unspecified atom stereocenters. The van der Waals surface area contributed by atoms with E-state index >= 15 is 0 Å². The molecule has 0 bridgehead atoms. The molecule has 14 heavy (non-hydrogen) atoms. The van der Waals surface area contributed by atoms with Crippen molar-refractivity contribution in [2.45, 2.75) is 19.4 Å². The zero-order chi connectivity index (χ0) is 10.6. The molecule has 5 nitrogen and oxygen atoms in total. The fraction of sp³-hybridized carbons (Fsp3) is 1.00. The summed E-state index contributed by atoms with van der Waals surface area (Å²) < 4.78 is 15.4. The summed E-state index contributed by atoms with van der Waals surface area (Å²) in [6.07, 6.45) is 0.706. The predicted molar refractivity (Wildman–Crippen MR) is 52.9 cm³/mol. The fourth-order valence-corrected chi connectivity index (χ4v) is 0.870. The first-order valence-corrected chi connectivity index (χ1v) is 4.93. The molecule has 0 fully saturated rings. The van der Waals surface area contributed by atoms with Crippen LogP contribution in [0, 0.1) is 0 Å². The summed E-state index contributed by atoms with van der Waals surface area (Å²) in [5.41, 5.74) is 5.12. The van der Waals surface area contributed by atoms with Crippen molar-refractivity contribution < 1.29 is 19.3 Å². The van der Waals surface area contributed by atoms with E-state index in [9.17, 15) is 0 Å². The zero-order valence-corrected chi connectivity index (χ0v) is 8.78. The average molecular weight is 207 g/mol. The molecule has 0 aromatic carbocycles. The zero-order valence-electron chi connectivity index (χ0n) is 8.78. The van der Waals surface area contributed by atoms with Crippen LogP contribution in [-0.4, -0.2) is 51.0 Å². The highest BCUT2D eigenvalue weighted by atomic mass is 16.6. The third-order valence-electron chi connectivity index (χ3n) is 1.55. The molecular formula is C9H21NO4. The summed E-state index contributed by atoms with van der Waals surface area (Å²) in [5.74, 6) is 0. The van der Waals surface area contributed by atoms with Crippen LogP contribution in [0.3, 0.4) is 0 Å². The van der Waals surface area contributed by atoms with Crippen LogP contribution in [0.15, 0.2) is 0 Å². The monoisotopic (exact) mass is 207 g/mol. The molecule has 0 amide bonds. The van der Waals surface area contributed by atoms with Gasteiger partial charge in [-0.05, 0) is 6.42 Å². The third kappa shape index (κ3) is 8.40. The van der Waals surface area contributed by atoms with E-state index in [0.29, 0.717) is 26.4 Å². The van der Waals surface area contributed by atoms with Gasteiger partial charge in [0.1, 0.15) is 6.10 Å². The first-order valence-electron chi connectivity index (χ1n) is 4.93. The van der Waals surface area contributed by atoms with Crippen molar-refractivity contribution in [2.24, 2.45) is 5.73 Å². The topological polar surface area (TPSA) is 73.9 Å². The van der Waals surface area contributed by atoms with Crippen LogP contribution in [0.5, 0.6) is 0 Å². The molecule has 0 heterocycles. The smallest absolute Gasteiger partial charge is 0.104 e. The lowest BCUT2D eigenvalue weighted by Crippen LogP contribution is -2.26. The summed E-state index contributed by atoms with van der Waals surface area (Å²) in [7, 11) is 0. The molecule has 0 aromatic heterocycles. The van der Waals surface area contributed by atoms with Gasteiger partial charge in [0.05, 0.1) is 33.2 Å². The Morgan fingerprint density at radius 2 is 2.00 bits per heavy atom. The standard InChI is InChI=1S/C9H21NO4/c1-2-3-12-7-9(6-11)14-5-4-13-8-10/h9,11H,2-8,10H2,1H3. The Balaban J connectivity index is 3.28. The van der Waals surface area contributed by atoms with Crippen LogP contribution < -0.4 is 5.73 Å². The van der Waals surface area contributed by atoms with E-state index < -0.39 is 0 Å². The van der Waals surface area contributed by atoms with Crippen molar-refractivity contribution in [3.8, 4) is 0 Å². The van der Waals surface area contributed by atoms with Gasteiger partial charge in [-0.1, -0.05) is 6.92 Å². The van der Waals surface area contributed by atoms with E-state index in [1.165, 1.54) is 0 Å². The van der Waals surface area contributed by atoms with E-state index in [0.717, 1.165) is 6.42 Å². The molecule has 0 saturated carbocycles. The van der Waals surface area contributed by atoms with Gasteiger partial charge in [0.15, 0.2) is 0 Å². The fourth-order valence-electron chi connectivity index (χ4n) is 0.870. The number of aliphatic hydroxyl groups excluding tert-OH is 1. The summed E-state index contributed by atoms with van der Waals surface area (Å²) in [5, 5.41) is 8.91. The van der Waals surface area contributed by atoms with Gasteiger partial charge >= 0.3 is 0 Å². The Labute approximate surface area is 85.1 Å². The minimum Gasteiger partial charge on any atom is -0.394 e. The van der Waals surface area contributed by atoms with Gasteiger partial charge < -0.3 is 25.1 Å². The highest BCUT2D eigenvalue weighted by Gasteiger charge is 2.06. The molecule has 0 radical (unpaired) electrons. The van der Waals surface area contributed by atoms with E-state index in [1.807, 2.05) is 6.92 Å². The molecule has 86 valence electrons. The SMILES string of the molecule is CCCOCC(CO)OCCOCN. The largest absolute Gasteiger partial charge is 0.394 e. The molecule has 5 heteroatoms. The number of hydrogen-bond donors (Lipinski definition) is 2. The van der Waals surface area contributed by atoms with Crippen LogP contribution in [-0.2, 0) is 14.2 Å². The second-order valence-corrected chi connectivity index (χ2v) is 2.83. The molecule has 0 aliphatic rings. The Hall–Kier alpha value is -0.200. The second kappa shape index (κ2) is 10.9. The minimum absolute atomic E-state index is 0.0354. The van der Waals surface area contributed by atoms with Crippen LogP contribution in [0.4, 0.5) is 0 Å². The van der Waals surface area contributed by atoms with Crippen molar-refractivity contribution in [2.75, 3.05) is 39.8 Å².